The molecule has 17 heavy (non-hydrogen) atoms. The van der Waals surface area contributed by atoms with E-state index < -0.39 is 32.0 Å². The summed E-state index contributed by atoms with van der Waals surface area (Å²) in [5.41, 5.74) is -3.24. The molecule has 6 heteroatoms. The summed E-state index contributed by atoms with van der Waals surface area (Å²) in [4.78, 5) is 12.0. The summed E-state index contributed by atoms with van der Waals surface area (Å²) in [6, 6.07) is 0.178. The number of anilines is 2. The van der Waals surface area contributed by atoms with Gasteiger partial charge in [0.1, 0.15) is 0 Å². The minimum Gasteiger partial charge on any atom is -0.351 e. The molecule has 0 radical (unpaired) electrons. The third-order valence-electron chi connectivity index (χ3n) is 2.01. The number of nitrogens with zero attached hydrogens (tertiary/aromatic N) is 3. The van der Waals surface area contributed by atoms with Crippen LogP contribution < -0.4 is 10.6 Å². The van der Waals surface area contributed by atoms with E-state index in [0.717, 1.165) is 24.6 Å². The lowest BCUT2D eigenvalue weighted by Crippen LogP contribution is -2.28. The van der Waals surface area contributed by atoms with Gasteiger partial charge in [-0.2, -0.15) is 15.0 Å². The van der Waals surface area contributed by atoms with E-state index in [-0.39, 0.29) is 17.1 Å². The lowest BCUT2D eigenvalue weighted by atomic mass is 10.1. The van der Waals surface area contributed by atoms with Gasteiger partial charge in [0.25, 0.3) is 0 Å². The molecule has 0 aliphatic heterocycles. The fourth-order valence-corrected chi connectivity index (χ4v) is 1.50. The zero-order valence-electron chi connectivity index (χ0n) is 18.2. The molecule has 0 saturated heterocycles. The van der Waals surface area contributed by atoms with Crippen molar-refractivity contribution < 1.29 is 12.3 Å². The van der Waals surface area contributed by atoms with Crippen LogP contribution in [0.15, 0.2) is 5.16 Å². The summed E-state index contributed by atoms with van der Waals surface area (Å²) >= 11 is 1.13. The van der Waals surface area contributed by atoms with Gasteiger partial charge in [-0.05, 0) is 39.7 Å². The molecule has 2 rings (SSSR count). The molecule has 0 atom stereocenters. The maximum atomic E-state index is 7.63. The van der Waals surface area contributed by atoms with Crippen LogP contribution in [0, 0.1) is 0 Å². The smallest absolute Gasteiger partial charge is 0.228 e. The first kappa shape index (κ1) is 5.30. The average Bonchev–Trinajstić information content (AvgIpc) is 3.24. The van der Waals surface area contributed by atoms with Crippen molar-refractivity contribution in [3.63, 3.8) is 0 Å². The minimum atomic E-state index is -3.39. The monoisotopic (exact) mass is 262 g/mol. The van der Waals surface area contributed by atoms with Crippen LogP contribution in [0.1, 0.15) is 45.7 Å². The third kappa shape index (κ3) is 4.03. The van der Waals surface area contributed by atoms with Gasteiger partial charge in [-0.1, -0.05) is 11.8 Å². The molecule has 1 saturated carbocycles. The predicted octanol–water partition coefficient (Wildman–Crippen LogP) is 2.38. The Balaban J connectivity index is 2.54. The Morgan fingerprint density at radius 1 is 1.24 bits per heavy atom. The van der Waals surface area contributed by atoms with E-state index >= 15 is 0 Å². The van der Waals surface area contributed by atoms with E-state index in [0.29, 0.717) is 0 Å². The largest absolute Gasteiger partial charge is 0.351 e. The van der Waals surface area contributed by atoms with Crippen LogP contribution in [0.2, 0.25) is 0 Å². The molecular weight excluding hydrogens is 234 g/mol. The number of rotatable bonds is 4. The quantitative estimate of drug-likeness (QED) is 0.812. The second kappa shape index (κ2) is 4.68. The van der Waals surface area contributed by atoms with E-state index in [9.17, 15) is 0 Å². The predicted molar refractivity (Wildman–Crippen MR) is 71.6 cm³/mol. The van der Waals surface area contributed by atoms with Crippen LogP contribution in [0.4, 0.5) is 11.9 Å². The highest BCUT2D eigenvalue weighted by Crippen LogP contribution is 2.24. The summed E-state index contributed by atoms with van der Waals surface area (Å²) in [6.07, 6.45) is 3.52. The maximum Gasteiger partial charge on any atom is 0.228 e. The van der Waals surface area contributed by atoms with Crippen molar-refractivity contribution in [3.05, 3.63) is 0 Å². The van der Waals surface area contributed by atoms with Gasteiger partial charge < -0.3 is 10.6 Å². The van der Waals surface area contributed by atoms with Crippen molar-refractivity contribution in [1.29, 1.82) is 0 Å². The van der Waals surface area contributed by atoms with Crippen molar-refractivity contribution in [2.45, 2.75) is 50.1 Å². The Labute approximate surface area is 119 Å². The standard InChI is InChI=1S/C11H19N5S/c1-11(2,3)16-9-13-8(12-7-5-6-7)14-10(15-9)17-4/h7H,5-6H2,1-4H3,(H2,12,13,14,15,16)/i1D3,2D3,3D3. The Kier molecular flexibility index (Phi) is 1.46. The Morgan fingerprint density at radius 2 is 1.94 bits per heavy atom. The molecule has 2 N–H and O–H groups in total. The SMILES string of the molecule is [2H]C([2H])([2H])C(Nc1nc(NC2CC2)nc(SC)n1)(C([2H])([2H])[2H])C([2H])([2H])[2H]. The highest BCUT2D eigenvalue weighted by molar-refractivity contribution is 7.98. The number of hydrogen-bond acceptors (Lipinski definition) is 6. The van der Waals surface area contributed by atoms with E-state index in [2.05, 4.69) is 25.6 Å². The molecule has 1 heterocycles. The average molecular weight is 262 g/mol. The molecule has 0 unspecified atom stereocenters. The van der Waals surface area contributed by atoms with E-state index in [1.165, 1.54) is 0 Å². The van der Waals surface area contributed by atoms with Crippen LogP contribution >= 0.6 is 11.8 Å². The van der Waals surface area contributed by atoms with Gasteiger partial charge in [-0.3, -0.25) is 0 Å². The third-order valence-corrected chi connectivity index (χ3v) is 2.56. The molecule has 0 bridgehead atoms. The summed E-state index contributed by atoms with van der Waals surface area (Å²) in [7, 11) is 0. The van der Waals surface area contributed by atoms with Gasteiger partial charge in [0.2, 0.25) is 11.9 Å². The van der Waals surface area contributed by atoms with E-state index in [4.69, 9.17) is 12.3 Å². The molecule has 0 aromatic carbocycles. The van der Waals surface area contributed by atoms with Gasteiger partial charge in [0.15, 0.2) is 5.16 Å². The molecule has 1 aromatic rings. The van der Waals surface area contributed by atoms with E-state index in [1.807, 2.05) is 0 Å². The van der Waals surface area contributed by atoms with Crippen molar-refractivity contribution in [3.8, 4) is 0 Å². The second-order valence-corrected chi connectivity index (χ2v) is 4.54. The van der Waals surface area contributed by atoms with Crippen molar-refractivity contribution in [1.82, 2.24) is 15.0 Å². The maximum absolute atomic E-state index is 7.63. The Morgan fingerprint density at radius 3 is 2.53 bits per heavy atom. The van der Waals surface area contributed by atoms with Gasteiger partial charge in [-0.25, -0.2) is 0 Å². The normalized spacial score (nSPS) is 25.8. The number of hydrogen-bond donors (Lipinski definition) is 2. The highest BCUT2D eigenvalue weighted by Gasteiger charge is 2.23. The van der Waals surface area contributed by atoms with Crippen LogP contribution in [0.25, 0.3) is 0 Å². The minimum absolute atomic E-state index is 0.130. The first-order chi connectivity index (χ1) is 11.7. The topological polar surface area (TPSA) is 62.7 Å². The van der Waals surface area contributed by atoms with Gasteiger partial charge in [-0.15, -0.1) is 0 Å². The molecule has 0 spiro atoms. The molecule has 94 valence electrons. The van der Waals surface area contributed by atoms with Gasteiger partial charge in [0, 0.05) is 23.9 Å². The summed E-state index contributed by atoms with van der Waals surface area (Å²) in [6.45, 7) is -10.2. The first-order valence-corrected chi connectivity index (χ1v) is 6.28. The Hall–Kier alpha value is -1.04. The number of nitrogens with one attached hydrogen (secondary N) is 2. The zero-order chi connectivity index (χ0) is 20.0. The summed E-state index contributed by atoms with van der Waals surface area (Å²) < 4.78 is 68.7. The fourth-order valence-electron chi connectivity index (χ4n) is 1.15. The van der Waals surface area contributed by atoms with Crippen LogP contribution in [-0.4, -0.2) is 32.8 Å². The lowest BCUT2D eigenvalue weighted by molar-refractivity contribution is 0.622. The zero-order valence-corrected chi connectivity index (χ0v) is 10.1. The van der Waals surface area contributed by atoms with Gasteiger partial charge in [0.05, 0.1) is 0 Å². The van der Waals surface area contributed by atoms with Gasteiger partial charge >= 0.3 is 0 Å². The molecule has 1 aliphatic rings. The van der Waals surface area contributed by atoms with Crippen molar-refractivity contribution in [2.75, 3.05) is 16.9 Å². The summed E-state index contributed by atoms with van der Waals surface area (Å²) in [5, 5.41) is 5.31. The van der Waals surface area contributed by atoms with Crippen molar-refractivity contribution >= 4 is 23.7 Å². The second-order valence-electron chi connectivity index (χ2n) is 3.76. The van der Waals surface area contributed by atoms with Crippen LogP contribution in [-0.2, 0) is 0 Å². The highest BCUT2D eigenvalue weighted by atomic mass is 32.2. The fraction of sp³-hybridized carbons (Fsp3) is 0.727. The molecule has 5 nitrogen and oxygen atoms in total. The van der Waals surface area contributed by atoms with Crippen molar-refractivity contribution in [2.24, 2.45) is 0 Å². The number of aromatic nitrogens is 3. The summed E-state index contributed by atoms with van der Waals surface area (Å²) in [5.74, 6) is -0.291. The molecule has 1 fully saturated rings. The van der Waals surface area contributed by atoms with E-state index in [1.54, 1.807) is 6.26 Å². The molecule has 1 aromatic heterocycles. The number of thioether (sulfide) groups is 1. The first-order valence-electron chi connectivity index (χ1n) is 9.56. The Bertz CT molecular complexity index is 617. The molecule has 0 amide bonds. The lowest BCUT2D eigenvalue weighted by Gasteiger charge is -2.20. The molecule has 1 aliphatic carbocycles. The van der Waals surface area contributed by atoms with Crippen LogP contribution in [0.3, 0.4) is 0 Å². The molecular formula is C11H19N5S. The van der Waals surface area contributed by atoms with Crippen LogP contribution in [0.5, 0.6) is 0 Å².